The van der Waals surface area contributed by atoms with E-state index < -0.39 is 0 Å². The van der Waals surface area contributed by atoms with Crippen molar-refractivity contribution in [1.29, 1.82) is 0 Å². The fraction of sp³-hybridized carbons (Fsp3) is 0.387. The van der Waals surface area contributed by atoms with E-state index in [1.165, 1.54) is 5.56 Å². The van der Waals surface area contributed by atoms with Gasteiger partial charge in [0.25, 0.3) is 5.91 Å². The van der Waals surface area contributed by atoms with Gasteiger partial charge in [0.1, 0.15) is 5.75 Å². The molecule has 40 heavy (non-hydrogen) atoms. The molecule has 2 saturated heterocycles. The highest BCUT2D eigenvalue weighted by atomic mass is 16.6. The number of nitrogens with one attached hydrogen (secondary N) is 1. The van der Waals surface area contributed by atoms with Crippen LogP contribution < -0.4 is 10.1 Å². The Labute approximate surface area is 235 Å². The summed E-state index contributed by atoms with van der Waals surface area (Å²) in [5.41, 5.74) is 3.52. The maximum absolute atomic E-state index is 12.7. The van der Waals surface area contributed by atoms with Gasteiger partial charge in [0.05, 0.1) is 13.2 Å². The number of anilines is 1. The molecule has 0 atom stereocenters. The lowest BCUT2D eigenvalue weighted by atomic mass is 10.1. The Hall–Kier alpha value is -3.79. The Morgan fingerprint density at radius 2 is 1.60 bits per heavy atom. The van der Waals surface area contributed by atoms with E-state index in [2.05, 4.69) is 26.2 Å². The van der Waals surface area contributed by atoms with Crippen LogP contribution in [0, 0.1) is 0 Å². The predicted octanol–water partition coefficient (Wildman–Crippen LogP) is 3.92. The summed E-state index contributed by atoms with van der Waals surface area (Å²) in [5.74, 6) is 0.272. The monoisotopic (exact) mass is 543 g/mol. The summed E-state index contributed by atoms with van der Waals surface area (Å²) < 4.78 is 11.0. The van der Waals surface area contributed by atoms with Gasteiger partial charge in [0, 0.05) is 69.0 Å². The maximum atomic E-state index is 12.7. The van der Waals surface area contributed by atoms with E-state index in [0.29, 0.717) is 30.1 Å². The van der Waals surface area contributed by atoms with Crippen molar-refractivity contribution in [3.63, 3.8) is 0 Å². The summed E-state index contributed by atoms with van der Waals surface area (Å²) in [6.07, 6.45) is 3.49. The smallest absolute Gasteiger partial charge is 0.410 e. The van der Waals surface area contributed by atoms with E-state index in [9.17, 15) is 9.59 Å². The van der Waals surface area contributed by atoms with Crippen LogP contribution in [0.3, 0.4) is 0 Å². The first kappa shape index (κ1) is 27.8. The van der Waals surface area contributed by atoms with Crippen molar-refractivity contribution in [2.45, 2.75) is 19.4 Å². The quantitative estimate of drug-likeness (QED) is 0.438. The number of carbonyl (C=O) groups excluding carboxylic acids is 2. The molecule has 2 aliphatic heterocycles. The fourth-order valence-corrected chi connectivity index (χ4v) is 4.94. The van der Waals surface area contributed by atoms with Crippen LogP contribution in [0.5, 0.6) is 5.75 Å². The number of piperazine rings is 1. The number of amides is 2. The summed E-state index contributed by atoms with van der Waals surface area (Å²) in [5, 5.41) is 2.91. The number of aromatic nitrogens is 1. The Balaban J connectivity index is 1.02. The molecule has 3 heterocycles. The molecule has 2 fully saturated rings. The van der Waals surface area contributed by atoms with Gasteiger partial charge in [-0.05, 0) is 73.5 Å². The normalized spacial score (nSPS) is 16.4. The summed E-state index contributed by atoms with van der Waals surface area (Å²) in [7, 11) is 0. The van der Waals surface area contributed by atoms with Crippen LogP contribution in [-0.2, 0) is 17.7 Å². The molecule has 0 unspecified atom stereocenters. The van der Waals surface area contributed by atoms with Crippen LogP contribution in [0.25, 0.3) is 0 Å². The van der Waals surface area contributed by atoms with Gasteiger partial charge in [0.2, 0.25) is 0 Å². The molecule has 0 saturated carbocycles. The molecule has 1 N–H and O–H groups in total. The average Bonchev–Trinajstić information content (AvgIpc) is 3.00. The van der Waals surface area contributed by atoms with Gasteiger partial charge in [-0.25, -0.2) is 4.79 Å². The van der Waals surface area contributed by atoms with Crippen LogP contribution in [0.1, 0.15) is 28.0 Å². The van der Waals surface area contributed by atoms with E-state index in [-0.39, 0.29) is 12.0 Å². The van der Waals surface area contributed by atoms with Gasteiger partial charge in [-0.15, -0.1) is 0 Å². The van der Waals surface area contributed by atoms with Crippen molar-refractivity contribution >= 4 is 17.7 Å². The zero-order valence-corrected chi connectivity index (χ0v) is 22.8. The first-order valence-electron chi connectivity index (χ1n) is 14.0. The molecule has 0 aliphatic carbocycles. The van der Waals surface area contributed by atoms with E-state index >= 15 is 0 Å². The third-order valence-corrected chi connectivity index (χ3v) is 7.31. The maximum Gasteiger partial charge on any atom is 0.415 e. The molecule has 1 aromatic heterocycles. The van der Waals surface area contributed by atoms with Crippen LogP contribution in [0.15, 0.2) is 72.9 Å². The number of ether oxygens (including phenoxy) is 2. The van der Waals surface area contributed by atoms with E-state index in [0.717, 1.165) is 71.0 Å². The average molecular weight is 544 g/mol. The Morgan fingerprint density at radius 3 is 2.30 bits per heavy atom. The molecule has 0 bridgehead atoms. The Bertz CT molecular complexity index is 1220. The Morgan fingerprint density at radius 1 is 0.850 bits per heavy atom. The molecule has 5 rings (SSSR count). The molecule has 9 nitrogen and oxygen atoms in total. The van der Waals surface area contributed by atoms with Gasteiger partial charge < -0.3 is 19.7 Å². The van der Waals surface area contributed by atoms with Gasteiger partial charge in [-0.3, -0.25) is 19.6 Å². The van der Waals surface area contributed by atoms with Gasteiger partial charge in [-0.1, -0.05) is 18.2 Å². The van der Waals surface area contributed by atoms with Crippen LogP contribution in [0.4, 0.5) is 10.5 Å². The fourth-order valence-electron chi connectivity index (χ4n) is 4.94. The molecule has 2 amide bonds. The number of pyridine rings is 1. The molecule has 0 radical (unpaired) electrons. The molecule has 210 valence electrons. The number of aryl methyl sites for hydroxylation is 1. The molecule has 2 aliphatic rings. The highest BCUT2D eigenvalue weighted by Crippen LogP contribution is 2.18. The second kappa shape index (κ2) is 14.0. The highest BCUT2D eigenvalue weighted by molar-refractivity contribution is 6.04. The van der Waals surface area contributed by atoms with Crippen molar-refractivity contribution in [1.82, 2.24) is 19.7 Å². The van der Waals surface area contributed by atoms with Crippen molar-refractivity contribution in [3.8, 4) is 5.75 Å². The minimum absolute atomic E-state index is 0.180. The van der Waals surface area contributed by atoms with Crippen molar-refractivity contribution in [2.75, 3.05) is 64.3 Å². The van der Waals surface area contributed by atoms with Crippen molar-refractivity contribution in [2.24, 2.45) is 0 Å². The molecule has 9 heteroatoms. The first-order valence-corrected chi connectivity index (χ1v) is 14.0. The van der Waals surface area contributed by atoms with Gasteiger partial charge >= 0.3 is 6.09 Å². The largest absolute Gasteiger partial charge is 0.415 e. The molecule has 2 aromatic carbocycles. The summed E-state index contributed by atoms with van der Waals surface area (Å²) in [6, 6.07) is 20.6. The third kappa shape index (κ3) is 8.11. The summed E-state index contributed by atoms with van der Waals surface area (Å²) >= 11 is 0. The number of morpholine rings is 1. The minimum Gasteiger partial charge on any atom is -0.410 e. The van der Waals surface area contributed by atoms with Crippen LogP contribution in [0.2, 0.25) is 0 Å². The zero-order valence-electron chi connectivity index (χ0n) is 22.8. The lowest BCUT2D eigenvalue weighted by Gasteiger charge is -2.34. The molecular formula is C31H37N5O4. The van der Waals surface area contributed by atoms with Crippen molar-refractivity contribution < 1.29 is 19.1 Å². The number of hydrogen-bond donors (Lipinski definition) is 1. The third-order valence-electron chi connectivity index (χ3n) is 7.31. The van der Waals surface area contributed by atoms with E-state index in [1.807, 2.05) is 42.6 Å². The standard InChI is InChI=1S/C31H37N5O4/c37-30(26-8-6-25(7-9-26)24-35-20-22-39-23-21-35)33-28-10-12-29(13-11-28)40-31(38)36-18-16-34(17-19-36)15-3-5-27-4-1-2-14-32-27/h1-2,4,6-14H,3,5,15-24H2,(H,33,37). The van der Waals surface area contributed by atoms with Gasteiger partial charge in [-0.2, -0.15) is 0 Å². The second-order valence-electron chi connectivity index (χ2n) is 10.2. The number of nitrogens with zero attached hydrogens (tertiary/aromatic N) is 4. The number of benzene rings is 2. The summed E-state index contributed by atoms with van der Waals surface area (Å²) in [6.45, 7) is 8.18. The van der Waals surface area contributed by atoms with E-state index in [4.69, 9.17) is 9.47 Å². The number of hydrogen-bond acceptors (Lipinski definition) is 7. The zero-order chi connectivity index (χ0) is 27.6. The lowest BCUT2D eigenvalue weighted by molar-refractivity contribution is 0.0342. The SMILES string of the molecule is O=C(Nc1ccc(OC(=O)N2CCN(CCCc3ccccn3)CC2)cc1)c1ccc(CN2CCOCC2)cc1. The van der Waals surface area contributed by atoms with E-state index in [1.54, 1.807) is 29.2 Å². The summed E-state index contributed by atoms with van der Waals surface area (Å²) in [4.78, 5) is 36.2. The van der Waals surface area contributed by atoms with Crippen LogP contribution in [-0.4, -0.2) is 90.7 Å². The minimum atomic E-state index is -0.345. The number of rotatable bonds is 9. The van der Waals surface area contributed by atoms with Gasteiger partial charge in [0.15, 0.2) is 0 Å². The van der Waals surface area contributed by atoms with Crippen LogP contribution >= 0.6 is 0 Å². The molecule has 0 spiro atoms. The lowest BCUT2D eigenvalue weighted by Crippen LogP contribution is -2.49. The molecular weight excluding hydrogens is 506 g/mol. The highest BCUT2D eigenvalue weighted by Gasteiger charge is 2.22. The predicted molar refractivity (Wildman–Crippen MR) is 154 cm³/mol. The number of carbonyl (C=O) groups is 2. The molecule has 3 aromatic rings. The Kier molecular flexibility index (Phi) is 9.73. The topological polar surface area (TPSA) is 87.2 Å². The second-order valence-corrected chi connectivity index (χ2v) is 10.2. The first-order chi connectivity index (χ1) is 19.6. The van der Waals surface area contributed by atoms with Crippen molar-refractivity contribution in [3.05, 3.63) is 89.7 Å².